The molecule has 10 heteroatoms. The molecular weight excluding hydrogens is 506 g/mol. The minimum atomic E-state index is -0.602. The summed E-state index contributed by atoms with van der Waals surface area (Å²) in [6.07, 6.45) is 3.96. The molecular formula is C29H26F2N4O4. The van der Waals surface area contributed by atoms with Crippen molar-refractivity contribution in [1.82, 2.24) is 14.9 Å². The number of nitrogens with zero attached hydrogens (tertiary/aromatic N) is 3. The van der Waals surface area contributed by atoms with Gasteiger partial charge in [-0.25, -0.2) is 18.7 Å². The summed E-state index contributed by atoms with van der Waals surface area (Å²) in [7, 11) is 1.55. The van der Waals surface area contributed by atoms with Crippen LogP contribution in [0, 0.1) is 11.6 Å². The number of amides is 1. The molecule has 1 amide bonds. The summed E-state index contributed by atoms with van der Waals surface area (Å²) >= 11 is 0. The summed E-state index contributed by atoms with van der Waals surface area (Å²) in [5.41, 5.74) is 1.05. The SMILES string of the molecule is C=CC(=O)N1CCC(Oc2cc3c(Nc4ccc(Oc5ccc(F)cc5)c(F)c4)ncnc3cc2OC)CC1. The van der Waals surface area contributed by atoms with Gasteiger partial charge in [0.05, 0.1) is 12.6 Å². The highest BCUT2D eigenvalue weighted by atomic mass is 19.1. The summed E-state index contributed by atoms with van der Waals surface area (Å²) in [5.74, 6) is 0.709. The quantitative estimate of drug-likeness (QED) is 0.278. The van der Waals surface area contributed by atoms with Gasteiger partial charge >= 0.3 is 0 Å². The molecule has 1 aromatic heterocycles. The number of likely N-dealkylation sites (tertiary alicyclic amines) is 1. The largest absolute Gasteiger partial charge is 0.493 e. The van der Waals surface area contributed by atoms with Crippen molar-refractivity contribution in [2.45, 2.75) is 18.9 Å². The van der Waals surface area contributed by atoms with Gasteiger partial charge in [0.25, 0.3) is 0 Å². The first-order chi connectivity index (χ1) is 18.9. The second kappa shape index (κ2) is 11.3. The predicted molar refractivity (Wildman–Crippen MR) is 143 cm³/mol. The number of fused-ring (bicyclic) bond motifs is 1. The number of methoxy groups -OCH3 is 1. The molecule has 200 valence electrons. The van der Waals surface area contributed by atoms with E-state index in [1.165, 1.54) is 48.8 Å². The van der Waals surface area contributed by atoms with E-state index >= 15 is 0 Å². The van der Waals surface area contributed by atoms with Gasteiger partial charge in [0, 0.05) is 49.1 Å². The van der Waals surface area contributed by atoms with Crippen LogP contribution >= 0.6 is 0 Å². The number of carbonyl (C=O) groups excluding carboxylic acids is 1. The van der Waals surface area contributed by atoms with E-state index in [-0.39, 0.29) is 17.8 Å². The first-order valence-corrected chi connectivity index (χ1v) is 12.3. The van der Waals surface area contributed by atoms with Crippen LogP contribution in [0.2, 0.25) is 0 Å². The Morgan fingerprint density at radius 3 is 2.49 bits per heavy atom. The van der Waals surface area contributed by atoms with Gasteiger partial charge in [0.1, 0.15) is 29.8 Å². The van der Waals surface area contributed by atoms with Crippen molar-refractivity contribution in [1.29, 1.82) is 0 Å². The number of halogens is 2. The highest BCUT2D eigenvalue weighted by Crippen LogP contribution is 2.37. The fraction of sp³-hybridized carbons (Fsp3) is 0.207. The van der Waals surface area contributed by atoms with Crippen molar-refractivity contribution < 1.29 is 27.8 Å². The molecule has 0 aliphatic carbocycles. The Bertz CT molecular complexity index is 1510. The van der Waals surface area contributed by atoms with Crippen molar-refractivity contribution in [3.63, 3.8) is 0 Å². The summed E-state index contributed by atoms with van der Waals surface area (Å²) in [4.78, 5) is 22.3. The lowest BCUT2D eigenvalue weighted by atomic mass is 10.1. The van der Waals surface area contributed by atoms with Gasteiger partial charge in [0.2, 0.25) is 5.91 Å². The first kappa shape index (κ1) is 25.9. The number of rotatable bonds is 8. The van der Waals surface area contributed by atoms with Gasteiger partial charge < -0.3 is 24.4 Å². The minimum absolute atomic E-state index is 0.000893. The van der Waals surface area contributed by atoms with Gasteiger partial charge in [-0.15, -0.1) is 0 Å². The minimum Gasteiger partial charge on any atom is -0.493 e. The van der Waals surface area contributed by atoms with Gasteiger partial charge in [-0.1, -0.05) is 6.58 Å². The van der Waals surface area contributed by atoms with E-state index in [9.17, 15) is 13.6 Å². The van der Waals surface area contributed by atoms with Gasteiger partial charge in [-0.2, -0.15) is 0 Å². The van der Waals surface area contributed by atoms with Crippen LogP contribution in [-0.4, -0.2) is 47.1 Å². The molecule has 5 rings (SSSR count). The highest BCUT2D eigenvalue weighted by molar-refractivity contribution is 5.93. The molecule has 0 unspecified atom stereocenters. The lowest BCUT2D eigenvalue weighted by molar-refractivity contribution is -0.127. The average Bonchev–Trinajstić information content (AvgIpc) is 2.95. The molecule has 1 fully saturated rings. The predicted octanol–water partition coefficient (Wildman–Crippen LogP) is 6.01. The normalized spacial score (nSPS) is 13.7. The fourth-order valence-electron chi connectivity index (χ4n) is 4.35. The molecule has 3 aromatic carbocycles. The number of ether oxygens (including phenoxy) is 3. The van der Waals surface area contributed by atoms with Crippen molar-refractivity contribution in [3.8, 4) is 23.0 Å². The molecule has 0 radical (unpaired) electrons. The highest BCUT2D eigenvalue weighted by Gasteiger charge is 2.24. The number of aromatic nitrogens is 2. The van der Waals surface area contributed by atoms with Crippen LogP contribution in [0.25, 0.3) is 10.9 Å². The number of carbonyl (C=O) groups is 1. The van der Waals surface area contributed by atoms with Crippen LogP contribution in [0.3, 0.4) is 0 Å². The Morgan fingerprint density at radius 1 is 1.03 bits per heavy atom. The Balaban J connectivity index is 1.35. The molecule has 39 heavy (non-hydrogen) atoms. The summed E-state index contributed by atoms with van der Waals surface area (Å²) in [5, 5.41) is 3.79. The maximum Gasteiger partial charge on any atom is 0.245 e. The third-order valence-electron chi connectivity index (χ3n) is 6.38. The zero-order valence-electron chi connectivity index (χ0n) is 21.2. The van der Waals surface area contributed by atoms with E-state index in [2.05, 4.69) is 21.9 Å². The maximum atomic E-state index is 14.8. The Kier molecular flexibility index (Phi) is 7.53. The zero-order valence-corrected chi connectivity index (χ0v) is 21.2. The second-order valence-electron chi connectivity index (χ2n) is 8.92. The van der Waals surface area contributed by atoms with Crippen LogP contribution in [0.1, 0.15) is 12.8 Å². The van der Waals surface area contributed by atoms with Gasteiger partial charge in [-0.05, 0) is 48.5 Å². The summed E-state index contributed by atoms with van der Waals surface area (Å²) < 4.78 is 45.3. The molecule has 4 aromatic rings. The van der Waals surface area contributed by atoms with Crippen molar-refractivity contribution >= 4 is 28.3 Å². The van der Waals surface area contributed by atoms with E-state index in [0.717, 1.165) is 0 Å². The van der Waals surface area contributed by atoms with E-state index in [1.54, 1.807) is 30.2 Å². The molecule has 0 atom stereocenters. The molecule has 1 aliphatic heterocycles. The van der Waals surface area contributed by atoms with E-state index in [0.29, 0.717) is 65.6 Å². The zero-order chi connectivity index (χ0) is 27.4. The lowest BCUT2D eigenvalue weighted by Gasteiger charge is -2.31. The average molecular weight is 533 g/mol. The van der Waals surface area contributed by atoms with E-state index < -0.39 is 11.6 Å². The second-order valence-corrected chi connectivity index (χ2v) is 8.92. The van der Waals surface area contributed by atoms with Crippen molar-refractivity contribution in [3.05, 3.63) is 85.2 Å². The molecule has 0 saturated carbocycles. The van der Waals surface area contributed by atoms with Crippen molar-refractivity contribution in [2.75, 3.05) is 25.5 Å². The molecule has 1 saturated heterocycles. The van der Waals surface area contributed by atoms with E-state index in [4.69, 9.17) is 14.2 Å². The number of benzene rings is 3. The lowest BCUT2D eigenvalue weighted by Crippen LogP contribution is -2.41. The van der Waals surface area contributed by atoms with Gasteiger partial charge in [0.15, 0.2) is 23.1 Å². The van der Waals surface area contributed by atoms with Crippen molar-refractivity contribution in [2.24, 2.45) is 0 Å². The van der Waals surface area contributed by atoms with Crippen LogP contribution in [0.4, 0.5) is 20.3 Å². The Labute approximate surface area is 223 Å². The molecule has 1 N–H and O–H groups in total. The molecule has 8 nitrogen and oxygen atoms in total. The third-order valence-corrected chi connectivity index (χ3v) is 6.38. The molecule has 1 aliphatic rings. The fourth-order valence-corrected chi connectivity index (χ4v) is 4.35. The molecule has 2 heterocycles. The Hall–Kier alpha value is -4.73. The number of anilines is 2. The van der Waals surface area contributed by atoms with Crippen LogP contribution < -0.4 is 19.5 Å². The number of piperidine rings is 1. The van der Waals surface area contributed by atoms with Crippen LogP contribution in [0.15, 0.2) is 73.6 Å². The monoisotopic (exact) mass is 532 g/mol. The molecule has 0 spiro atoms. The van der Waals surface area contributed by atoms with Gasteiger partial charge in [-0.3, -0.25) is 4.79 Å². The number of hydrogen-bond acceptors (Lipinski definition) is 7. The smallest absolute Gasteiger partial charge is 0.245 e. The number of nitrogens with one attached hydrogen (secondary N) is 1. The Morgan fingerprint density at radius 2 is 1.79 bits per heavy atom. The maximum absolute atomic E-state index is 14.8. The standard InChI is InChI=1S/C29H26F2N4O4/c1-3-28(36)35-12-10-21(11-13-35)39-27-15-22-24(16-26(27)37-2)32-17-33-29(22)34-19-6-9-25(23(31)14-19)38-20-7-4-18(30)5-8-20/h3-9,14-17,21H,1,10-13H2,2H3,(H,32,33,34). The summed E-state index contributed by atoms with van der Waals surface area (Å²) in [6.45, 7) is 4.70. The molecule has 0 bridgehead atoms. The number of hydrogen-bond donors (Lipinski definition) is 1. The third kappa shape index (κ3) is 5.90. The topological polar surface area (TPSA) is 85.8 Å². The summed E-state index contributed by atoms with van der Waals surface area (Å²) in [6, 6.07) is 13.3. The van der Waals surface area contributed by atoms with Crippen LogP contribution in [-0.2, 0) is 4.79 Å². The first-order valence-electron chi connectivity index (χ1n) is 12.3. The van der Waals surface area contributed by atoms with E-state index in [1.807, 2.05) is 0 Å². The van der Waals surface area contributed by atoms with Crippen LogP contribution in [0.5, 0.6) is 23.0 Å².